The summed E-state index contributed by atoms with van der Waals surface area (Å²) in [4.78, 5) is 53.5. The van der Waals surface area contributed by atoms with Crippen molar-refractivity contribution in [1.29, 1.82) is 0 Å². The number of benzene rings is 2. The van der Waals surface area contributed by atoms with Crippen LogP contribution in [0.25, 0.3) is 0 Å². The predicted molar refractivity (Wildman–Crippen MR) is 151 cm³/mol. The summed E-state index contributed by atoms with van der Waals surface area (Å²) in [7, 11) is 0. The molecule has 1 saturated heterocycles. The molecule has 4 atom stereocenters. The van der Waals surface area contributed by atoms with Crippen LogP contribution in [0, 0.1) is 0 Å². The number of aromatic hydroxyl groups is 1. The van der Waals surface area contributed by atoms with Gasteiger partial charge in [0.25, 0.3) is 0 Å². The van der Waals surface area contributed by atoms with E-state index in [1.165, 1.54) is 17.0 Å². The molecule has 4 amide bonds. The van der Waals surface area contributed by atoms with E-state index in [9.17, 15) is 24.3 Å². The fraction of sp³-hybridized carbons (Fsp3) is 0.448. The van der Waals surface area contributed by atoms with Gasteiger partial charge in [0.1, 0.15) is 23.9 Å². The first-order valence-electron chi connectivity index (χ1n) is 13.7. The highest BCUT2D eigenvalue weighted by molar-refractivity contribution is 5.95. The third-order valence-electron chi connectivity index (χ3n) is 7.07. The van der Waals surface area contributed by atoms with Gasteiger partial charge in [-0.25, -0.2) is 0 Å². The van der Waals surface area contributed by atoms with Gasteiger partial charge in [0.2, 0.25) is 23.6 Å². The average molecular weight is 553 g/mol. The number of phenols is 1. The third kappa shape index (κ3) is 8.78. The van der Waals surface area contributed by atoms with Gasteiger partial charge in [-0.1, -0.05) is 42.5 Å². The van der Waals surface area contributed by atoms with Gasteiger partial charge in [0.15, 0.2) is 0 Å². The number of hydrogen-bond acceptors (Lipinski definition) is 7. The maximum Gasteiger partial charge on any atom is 0.243 e. The summed E-state index contributed by atoms with van der Waals surface area (Å²) >= 11 is 0. The zero-order chi connectivity index (χ0) is 29.1. The zero-order valence-electron chi connectivity index (χ0n) is 22.6. The summed E-state index contributed by atoms with van der Waals surface area (Å²) in [5, 5.41) is 15.0. The maximum absolute atomic E-state index is 13.5. The van der Waals surface area contributed by atoms with Crippen LogP contribution in [0.4, 0.5) is 0 Å². The lowest BCUT2D eigenvalue weighted by atomic mass is 10.0. The van der Waals surface area contributed by atoms with E-state index in [1.807, 2.05) is 30.3 Å². The van der Waals surface area contributed by atoms with E-state index in [0.717, 1.165) is 11.1 Å². The number of phenolic OH excluding ortho intramolecular Hbond substituents is 1. The number of likely N-dealkylation sites (tertiary alicyclic amines) is 1. The van der Waals surface area contributed by atoms with Gasteiger partial charge in [-0.05, 0) is 68.3 Å². The van der Waals surface area contributed by atoms with Crippen molar-refractivity contribution in [2.75, 3.05) is 13.1 Å². The zero-order valence-corrected chi connectivity index (χ0v) is 22.6. The van der Waals surface area contributed by atoms with E-state index in [0.29, 0.717) is 45.2 Å². The molecule has 0 aromatic heterocycles. The average Bonchev–Trinajstić information content (AvgIpc) is 3.43. The molecular weight excluding hydrogens is 512 g/mol. The summed E-state index contributed by atoms with van der Waals surface area (Å²) in [6, 6.07) is 12.1. The molecule has 2 aromatic carbocycles. The van der Waals surface area contributed by atoms with Crippen LogP contribution in [0.3, 0.4) is 0 Å². The van der Waals surface area contributed by atoms with Gasteiger partial charge in [-0.3, -0.25) is 19.2 Å². The number of nitrogens with zero attached hydrogens (tertiary/aromatic N) is 1. The Morgan fingerprint density at radius 3 is 2.25 bits per heavy atom. The number of carbonyl (C=O) groups excluding carboxylic acids is 4. The molecule has 0 aliphatic carbocycles. The summed E-state index contributed by atoms with van der Waals surface area (Å²) < 4.78 is 0. The van der Waals surface area contributed by atoms with E-state index >= 15 is 0 Å². The lowest BCUT2D eigenvalue weighted by Gasteiger charge is -2.29. The van der Waals surface area contributed by atoms with Crippen molar-refractivity contribution < 1.29 is 24.3 Å². The Bertz CT molecular complexity index is 1140. The molecule has 0 radical (unpaired) electrons. The molecule has 40 heavy (non-hydrogen) atoms. The van der Waals surface area contributed by atoms with Gasteiger partial charge in [0.05, 0.1) is 6.04 Å². The van der Waals surface area contributed by atoms with Crippen LogP contribution < -0.4 is 27.8 Å². The van der Waals surface area contributed by atoms with Crippen LogP contribution in [0.5, 0.6) is 5.75 Å². The largest absolute Gasteiger partial charge is 0.508 e. The van der Waals surface area contributed by atoms with E-state index in [-0.39, 0.29) is 24.5 Å². The second-order valence-electron chi connectivity index (χ2n) is 10.2. The van der Waals surface area contributed by atoms with Gasteiger partial charge in [-0.2, -0.15) is 0 Å². The molecule has 3 rings (SSSR count). The molecule has 0 saturated carbocycles. The summed E-state index contributed by atoms with van der Waals surface area (Å²) in [5.41, 5.74) is 18.9. The van der Waals surface area contributed by atoms with Crippen LogP contribution in [-0.4, -0.2) is 70.9 Å². The van der Waals surface area contributed by atoms with E-state index in [2.05, 4.69) is 10.6 Å². The van der Waals surface area contributed by atoms with Gasteiger partial charge in [0, 0.05) is 13.0 Å². The molecular formula is C29H40N6O5. The lowest BCUT2D eigenvalue weighted by Crippen LogP contribution is -2.57. The summed E-state index contributed by atoms with van der Waals surface area (Å²) in [6.45, 7) is 0.835. The number of carbonyl (C=O) groups is 4. The molecule has 1 heterocycles. The van der Waals surface area contributed by atoms with Crippen LogP contribution in [0.1, 0.15) is 43.2 Å². The number of nitrogens with one attached hydrogen (secondary N) is 2. The molecule has 1 aliphatic heterocycles. The quantitative estimate of drug-likeness (QED) is 0.179. The smallest absolute Gasteiger partial charge is 0.243 e. The van der Waals surface area contributed by atoms with Crippen LogP contribution >= 0.6 is 0 Å². The Kier molecular flexibility index (Phi) is 11.5. The normalized spacial score (nSPS) is 17.1. The highest BCUT2D eigenvalue weighted by Crippen LogP contribution is 2.20. The van der Waals surface area contributed by atoms with Crippen molar-refractivity contribution in [3.8, 4) is 5.75 Å². The van der Waals surface area contributed by atoms with Crippen molar-refractivity contribution in [1.82, 2.24) is 15.5 Å². The molecule has 0 bridgehead atoms. The Hall–Kier alpha value is -3.96. The van der Waals surface area contributed by atoms with Gasteiger partial charge in [-0.15, -0.1) is 0 Å². The monoisotopic (exact) mass is 552 g/mol. The number of hydrogen-bond donors (Lipinski definition) is 6. The fourth-order valence-electron chi connectivity index (χ4n) is 4.87. The molecule has 9 N–H and O–H groups in total. The number of amides is 4. The Labute approximate surface area is 234 Å². The first-order valence-corrected chi connectivity index (χ1v) is 13.7. The SMILES string of the molecule is NCCCC[C@H](NC(=O)[C@H](Cc1ccccc1)NC(=O)[C@@H]1CCCN1C(=O)[C@@H](N)Cc1ccc(O)cc1)C(N)=O. The van der Waals surface area contributed by atoms with Crippen molar-refractivity contribution in [3.05, 3.63) is 65.7 Å². The van der Waals surface area contributed by atoms with Crippen molar-refractivity contribution in [2.45, 2.75) is 69.1 Å². The summed E-state index contributed by atoms with van der Waals surface area (Å²) in [5.74, 6) is -1.90. The summed E-state index contributed by atoms with van der Waals surface area (Å²) in [6.07, 6.45) is 3.14. The third-order valence-corrected chi connectivity index (χ3v) is 7.07. The number of nitrogens with two attached hydrogens (primary N) is 3. The molecule has 0 spiro atoms. The van der Waals surface area contributed by atoms with Crippen LogP contribution in [0.2, 0.25) is 0 Å². The molecule has 2 aromatic rings. The highest BCUT2D eigenvalue weighted by Gasteiger charge is 2.38. The standard InChI is InChI=1S/C29H40N6O5/c30-15-5-4-9-23(26(32)37)33-27(38)24(18-19-7-2-1-3-8-19)34-28(39)25-10-6-16-35(25)29(40)22(31)17-20-11-13-21(36)14-12-20/h1-3,7-8,11-14,22-25,36H,4-6,9-10,15-18,30-31H2,(H2,32,37)(H,33,38)(H,34,39)/t22-,23-,24-,25-/m0/s1. The molecule has 216 valence electrons. The Morgan fingerprint density at radius 1 is 0.925 bits per heavy atom. The van der Waals surface area contributed by atoms with Gasteiger partial charge >= 0.3 is 0 Å². The minimum Gasteiger partial charge on any atom is -0.508 e. The molecule has 11 nitrogen and oxygen atoms in total. The molecule has 0 unspecified atom stereocenters. The first-order chi connectivity index (χ1) is 19.2. The second-order valence-corrected chi connectivity index (χ2v) is 10.2. The highest BCUT2D eigenvalue weighted by atomic mass is 16.3. The number of unbranched alkanes of at least 4 members (excludes halogenated alkanes) is 1. The number of primary amides is 1. The Morgan fingerprint density at radius 2 is 1.60 bits per heavy atom. The predicted octanol–water partition coefficient (Wildman–Crippen LogP) is 0.0796. The topological polar surface area (TPSA) is 194 Å². The number of rotatable bonds is 14. The van der Waals surface area contributed by atoms with Crippen LogP contribution in [-0.2, 0) is 32.0 Å². The molecule has 11 heteroatoms. The maximum atomic E-state index is 13.5. The van der Waals surface area contributed by atoms with Crippen molar-refractivity contribution in [3.63, 3.8) is 0 Å². The second kappa shape index (κ2) is 15.0. The van der Waals surface area contributed by atoms with E-state index in [1.54, 1.807) is 12.1 Å². The van der Waals surface area contributed by atoms with Crippen molar-refractivity contribution >= 4 is 23.6 Å². The lowest BCUT2D eigenvalue weighted by molar-refractivity contribution is -0.140. The molecule has 1 aliphatic rings. The minimum atomic E-state index is -0.991. The van der Waals surface area contributed by atoms with E-state index in [4.69, 9.17) is 17.2 Å². The molecule has 1 fully saturated rings. The fourth-order valence-corrected chi connectivity index (χ4v) is 4.87. The van der Waals surface area contributed by atoms with Crippen molar-refractivity contribution in [2.24, 2.45) is 17.2 Å². The first kappa shape index (κ1) is 30.6. The minimum absolute atomic E-state index is 0.117. The van der Waals surface area contributed by atoms with Gasteiger partial charge < -0.3 is 37.8 Å². The van der Waals surface area contributed by atoms with E-state index < -0.39 is 41.9 Å². The van der Waals surface area contributed by atoms with Crippen LogP contribution in [0.15, 0.2) is 54.6 Å². The Balaban J connectivity index is 1.71.